The van der Waals surface area contributed by atoms with Crippen molar-refractivity contribution in [2.24, 2.45) is 17.8 Å². The molecule has 0 unspecified atom stereocenters. The van der Waals surface area contributed by atoms with Gasteiger partial charge >= 0.3 is 0 Å². The summed E-state index contributed by atoms with van der Waals surface area (Å²) in [5, 5.41) is 38.3. The van der Waals surface area contributed by atoms with Crippen LogP contribution in [0.3, 0.4) is 0 Å². The van der Waals surface area contributed by atoms with Gasteiger partial charge in [-0.05, 0) is 56.9 Å². The molecule has 0 saturated heterocycles. The van der Waals surface area contributed by atoms with E-state index in [0.29, 0.717) is 30.0 Å². The van der Waals surface area contributed by atoms with Crippen molar-refractivity contribution in [2.75, 3.05) is 23.8 Å². The van der Waals surface area contributed by atoms with Crippen molar-refractivity contribution in [2.45, 2.75) is 70.1 Å². The lowest BCUT2D eigenvalue weighted by Crippen LogP contribution is -2.36. The predicted molar refractivity (Wildman–Crippen MR) is 140 cm³/mol. The number of fused-ring (bicyclic) bond motifs is 1. The monoisotopic (exact) mass is 510 g/mol. The van der Waals surface area contributed by atoms with Crippen molar-refractivity contribution in [1.29, 1.82) is 0 Å². The fourth-order valence-electron chi connectivity index (χ4n) is 5.75. The van der Waals surface area contributed by atoms with Crippen LogP contribution in [0, 0.1) is 24.7 Å². The largest absolute Gasteiger partial charge is 0.396 e. The Morgan fingerprint density at radius 1 is 1.08 bits per heavy atom. The lowest BCUT2D eigenvalue weighted by Gasteiger charge is -2.32. The molecule has 5 N–H and O–H groups in total. The van der Waals surface area contributed by atoms with Crippen LogP contribution in [0.5, 0.6) is 0 Å². The molecule has 0 amide bonds. The van der Waals surface area contributed by atoms with E-state index in [1.807, 2.05) is 19.2 Å². The Hall–Kier alpha value is -2.40. The Morgan fingerprint density at radius 3 is 2.58 bits per heavy atom. The number of anilines is 2. The van der Waals surface area contributed by atoms with E-state index in [9.17, 15) is 15.3 Å². The van der Waals surface area contributed by atoms with E-state index >= 15 is 0 Å². The Kier molecular flexibility index (Phi) is 6.31. The average molecular weight is 511 g/mol. The van der Waals surface area contributed by atoms with Gasteiger partial charge in [-0.3, -0.25) is 4.98 Å². The molecule has 36 heavy (non-hydrogen) atoms. The molecular weight excluding hydrogens is 476 g/mol. The molecule has 3 fully saturated rings. The molecule has 0 spiro atoms. The van der Waals surface area contributed by atoms with Crippen LogP contribution in [0.25, 0.3) is 20.8 Å². The summed E-state index contributed by atoms with van der Waals surface area (Å²) in [5.74, 6) is 2.66. The van der Waals surface area contributed by atoms with Crippen LogP contribution in [0.15, 0.2) is 12.3 Å². The van der Waals surface area contributed by atoms with Gasteiger partial charge in [-0.15, -0.1) is 11.3 Å². The number of rotatable bonds is 8. The van der Waals surface area contributed by atoms with Gasteiger partial charge in [0.25, 0.3) is 0 Å². The minimum Gasteiger partial charge on any atom is -0.396 e. The van der Waals surface area contributed by atoms with Gasteiger partial charge < -0.3 is 26.0 Å². The molecule has 0 aliphatic heterocycles. The number of aryl methyl sites for hydroxylation is 1. The van der Waals surface area contributed by atoms with Crippen molar-refractivity contribution >= 4 is 33.3 Å². The zero-order valence-electron chi connectivity index (χ0n) is 20.7. The van der Waals surface area contributed by atoms with E-state index in [1.54, 1.807) is 11.3 Å². The molecule has 3 aromatic rings. The lowest BCUT2D eigenvalue weighted by atomic mass is 9.76. The van der Waals surface area contributed by atoms with Gasteiger partial charge in [0.1, 0.15) is 22.4 Å². The molecule has 3 aliphatic carbocycles. The first-order valence-corrected chi connectivity index (χ1v) is 13.8. The minimum atomic E-state index is -1.00. The van der Waals surface area contributed by atoms with Crippen molar-refractivity contribution in [3.63, 3.8) is 0 Å². The van der Waals surface area contributed by atoms with Gasteiger partial charge in [0.05, 0.1) is 33.8 Å². The molecule has 192 valence electrons. The van der Waals surface area contributed by atoms with Crippen molar-refractivity contribution < 1.29 is 15.3 Å². The van der Waals surface area contributed by atoms with E-state index in [0.717, 1.165) is 57.5 Å². The quantitative estimate of drug-likeness (QED) is 0.309. The number of aliphatic hydroxyl groups is 3. The summed E-state index contributed by atoms with van der Waals surface area (Å²) in [4.78, 5) is 19.2. The molecule has 3 aliphatic rings. The van der Waals surface area contributed by atoms with Crippen molar-refractivity contribution in [3.8, 4) is 10.6 Å². The second-order valence-electron chi connectivity index (χ2n) is 10.9. The third-order valence-electron chi connectivity index (χ3n) is 7.98. The van der Waals surface area contributed by atoms with E-state index in [4.69, 9.17) is 15.0 Å². The maximum Gasteiger partial charge on any atom is 0.224 e. The topological polar surface area (TPSA) is 136 Å². The van der Waals surface area contributed by atoms with Crippen LogP contribution in [0.2, 0.25) is 0 Å². The smallest absolute Gasteiger partial charge is 0.224 e. The van der Waals surface area contributed by atoms with Crippen LogP contribution in [0.4, 0.5) is 11.8 Å². The highest BCUT2D eigenvalue weighted by molar-refractivity contribution is 7.21. The Balaban J connectivity index is 1.36. The van der Waals surface area contributed by atoms with Crippen LogP contribution < -0.4 is 10.6 Å². The Labute approximate surface area is 214 Å². The molecule has 10 heteroatoms. The zero-order chi connectivity index (χ0) is 25.0. The summed E-state index contributed by atoms with van der Waals surface area (Å²) >= 11 is 1.60. The first kappa shape index (κ1) is 24.0. The molecule has 3 heterocycles. The molecule has 0 bridgehead atoms. The fraction of sp³-hybridized carbons (Fsp3) is 0.615. The van der Waals surface area contributed by atoms with E-state index in [1.165, 1.54) is 12.8 Å². The number of aromatic nitrogens is 4. The molecule has 9 nitrogen and oxygen atoms in total. The van der Waals surface area contributed by atoms with Crippen LogP contribution in [-0.4, -0.2) is 66.7 Å². The zero-order valence-corrected chi connectivity index (χ0v) is 21.5. The predicted octanol–water partition coefficient (Wildman–Crippen LogP) is 3.31. The number of nitrogens with zero attached hydrogens (tertiary/aromatic N) is 4. The van der Waals surface area contributed by atoms with E-state index < -0.39 is 18.2 Å². The maximum absolute atomic E-state index is 10.7. The Bertz CT molecular complexity index is 1260. The number of aliphatic hydroxyl groups excluding tert-OH is 3. The standard InChI is InChI=1S/C26H34N6O3S/c1-12-7-14(8-12)10-28-26-29-13(2)19(24(32-26)30-17-9-16(11-33)22(34)23(17)35)25-31-21-18(36-25)5-6-27-20(21)15-3-4-15/h5-6,12,14-17,22-23,33-35H,3-4,7-11H2,1-2H3,(H2,28,29,30,32)/t12?,14?,16-,17-,22-,23+/m1/s1. The van der Waals surface area contributed by atoms with E-state index in [-0.39, 0.29) is 12.5 Å². The number of hydrogen-bond donors (Lipinski definition) is 5. The van der Waals surface area contributed by atoms with Gasteiger partial charge in [-0.25, -0.2) is 9.97 Å². The summed E-state index contributed by atoms with van der Waals surface area (Å²) in [6.45, 7) is 4.89. The van der Waals surface area contributed by atoms with Gasteiger partial charge in [0.15, 0.2) is 0 Å². The van der Waals surface area contributed by atoms with Crippen molar-refractivity contribution in [1.82, 2.24) is 19.9 Å². The second-order valence-corrected chi connectivity index (χ2v) is 12.0. The normalized spacial score (nSPS) is 29.9. The number of hydrogen-bond acceptors (Lipinski definition) is 10. The highest BCUT2D eigenvalue weighted by atomic mass is 32.1. The van der Waals surface area contributed by atoms with Crippen LogP contribution in [-0.2, 0) is 0 Å². The molecule has 3 saturated carbocycles. The van der Waals surface area contributed by atoms with Gasteiger partial charge in [-0.1, -0.05) is 6.92 Å². The Morgan fingerprint density at radius 2 is 1.89 bits per heavy atom. The van der Waals surface area contributed by atoms with Gasteiger partial charge in [-0.2, -0.15) is 4.98 Å². The van der Waals surface area contributed by atoms with Crippen LogP contribution in [0.1, 0.15) is 56.3 Å². The molecule has 0 radical (unpaired) electrons. The minimum absolute atomic E-state index is 0.173. The molecule has 0 aromatic carbocycles. The van der Waals surface area contributed by atoms with Crippen molar-refractivity contribution in [3.05, 3.63) is 23.7 Å². The highest BCUT2D eigenvalue weighted by Gasteiger charge is 2.41. The molecule has 6 rings (SSSR count). The number of nitrogens with one attached hydrogen (secondary N) is 2. The average Bonchev–Trinajstić information content (AvgIpc) is 3.54. The SMILES string of the molecule is Cc1nc(NCC2CC(C)C2)nc(N[C@@H]2C[C@H](CO)[C@@H](O)[C@H]2O)c1-c1nc2c(C3CC3)nccc2s1. The first-order valence-electron chi connectivity index (χ1n) is 13.0. The molecule has 3 aromatic heterocycles. The third kappa shape index (κ3) is 4.44. The number of thiazole rings is 1. The second kappa shape index (κ2) is 9.48. The lowest BCUT2D eigenvalue weighted by molar-refractivity contribution is 0.00446. The van der Waals surface area contributed by atoms with Gasteiger partial charge in [0, 0.05) is 31.2 Å². The maximum atomic E-state index is 10.7. The van der Waals surface area contributed by atoms with Crippen LogP contribution >= 0.6 is 11.3 Å². The summed E-state index contributed by atoms with van der Waals surface area (Å²) in [7, 11) is 0. The third-order valence-corrected chi connectivity index (χ3v) is 9.02. The molecule has 4 atom stereocenters. The molecular formula is C26H34N6O3S. The summed E-state index contributed by atoms with van der Waals surface area (Å²) in [5.41, 5.74) is 3.61. The summed E-state index contributed by atoms with van der Waals surface area (Å²) < 4.78 is 1.09. The fourth-order valence-corrected chi connectivity index (χ4v) is 6.81. The number of pyridine rings is 1. The van der Waals surface area contributed by atoms with E-state index in [2.05, 4.69) is 22.5 Å². The van der Waals surface area contributed by atoms with Gasteiger partial charge in [0.2, 0.25) is 5.95 Å². The summed E-state index contributed by atoms with van der Waals surface area (Å²) in [6.07, 6.45) is 5.06. The first-order chi connectivity index (χ1) is 17.4. The highest BCUT2D eigenvalue weighted by Crippen LogP contribution is 2.44. The summed E-state index contributed by atoms with van der Waals surface area (Å²) in [6, 6.07) is 1.56.